The van der Waals surface area contributed by atoms with Crippen LogP contribution in [0.25, 0.3) is 0 Å². The van der Waals surface area contributed by atoms with Gasteiger partial charge in [0.2, 0.25) is 5.95 Å². The van der Waals surface area contributed by atoms with Crippen LogP contribution in [0.2, 0.25) is 0 Å². The first-order chi connectivity index (χ1) is 12.0. The number of nitrogens with zero attached hydrogens (tertiary/aromatic N) is 4. The highest BCUT2D eigenvalue weighted by atomic mass is 127. The van der Waals surface area contributed by atoms with Gasteiger partial charge in [0.15, 0.2) is 0 Å². The van der Waals surface area contributed by atoms with Crippen molar-refractivity contribution >= 4 is 69.5 Å². The van der Waals surface area contributed by atoms with Gasteiger partial charge in [-0.2, -0.15) is 4.98 Å². The molecule has 0 radical (unpaired) electrons. The number of aromatic nitrogens is 3. The van der Waals surface area contributed by atoms with Crippen LogP contribution in [0.5, 0.6) is 11.5 Å². The fourth-order valence-corrected chi connectivity index (χ4v) is 2.91. The van der Waals surface area contributed by atoms with Gasteiger partial charge in [-0.3, -0.25) is 0 Å². The summed E-state index contributed by atoms with van der Waals surface area (Å²) in [6.07, 6.45) is 2.98. The van der Waals surface area contributed by atoms with Crippen molar-refractivity contribution in [1.82, 2.24) is 15.2 Å². The van der Waals surface area contributed by atoms with Crippen LogP contribution in [0.4, 0.5) is 11.9 Å². The maximum absolute atomic E-state index is 9.79. The number of phenolic OH excluding ortho intramolecular Hbond substituents is 2. The summed E-state index contributed by atoms with van der Waals surface area (Å²) in [5.74, 6) is 0.720. The molecule has 1 heterocycles. The van der Waals surface area contributed by atoms with Crippen molar-refractivity contribution in [2.24, 2.45) is 9.98 Å². The number of benzene rings is 2. The van der Waals surface area contributed by atoms with E-state index in [2.05, 4.69) is 70.3 Å². The number of rotatable bonds is 4. The number of aromatic hydroxyl groups is 2. The van der Waals surface area contributed by atoms with Gasteiger partial charge in [-0.25, -0.2) is 15.1 Å². The molecule has 0 unspecified atom stereocenters. The van der Waals surface area contributed by atoms with E-state index in [-0.39, 0.29) is 23.4 Å². The summed E-state index contributed by atoms with van der Waals surface area (Å²) >= 11 is 4.30. The lowest BCUT2D eigenvalue weighted by atomic mass is 10.2. The van der Waals surface area contributed by atoms with Crippen molar-refractivity contribution in [2.45, 2.75) is 0 Å². The molecule has 25 heavy (non-hydrogen) atoms. The van der Waals surface area contributed by atoms with Crippen LogP contribution in [-0.4, -0.2) is 37.8 Å². The Morgan fingerprint density at radius 2 is 1.44 bits per heavy atom. The molecule has 9 heteroatoms. The van der Waals surface area contributed by atoms with Crippen LogP contribution < -0.4 is 0 Å². The van der Waals surface area contributed by atoms with Gasteiger partial charge in [-0.05, 0) is 81.6 Å². The van der Waals surface area contributed by atoms with Crippen molar-refractivity contribution in [3.8, 4) is 11.5 Å². The number of phenols is 2. The molecule has 0 aliphatic rings. The molecule has 0 fully saturated rings. The van der Waals surface area contributed by atoms with E-state index in [9.17, 15) is 10.2 Å². The van der Waals surface area contributed by atoms with Gasteiger partial charge >= 0.3 is 0 Å². The quantitative estimate of drug-likeness (QED) is 0.333. The second-order valence-corrected chi connectivity index (χ2v) is 7.37. The van der Waals surface area contributed by atoms with Crippen molar-refractivity contribution in [3.05, 3.63) is 54.7 Å². The molecule has 0 saturated heterocycles. The highest BCUT2D eigenvalue weighted by Crippen LogP contribution is 2.20. The largest absolute Gasteiger partial charge is 0.507 e. The standard InChI is InChI=1S/C16H11I2N5O2/c17-11-1-3-13(24)9(5-11)7-19-15-21-16(23-22-15)20-8-10-6-12(18)2-4-14(10)25/h1-8,24-25H,(H,21,22,23)/b19-7+,20-8+. The number of H-pyrrole nitrogens is 1. The molecule has 7 nitrogen and oxygen atoms in total. The third-order valence-corrected chi connectivity index (χ3v) is 4.43. The minimum absolute atomic E-state index is 0.132. The van der Waals surface area contributed by atoms with E-state index >= 15 is 0 Å². The van der Waals surface area contributed by atoms with Crippen LogP contribution >= 0.6 is 45.2 Å². The second-order valence-electron chi connectivity index (χ2n) is 4.88. The van der Waals surface area contributed by atoms with Crippen molar-refractivity contribution in [2.75, 3.05) is 0 Å². The smallest absolute Gasteiger partial charge is 0.269 e. The number of halogens is 2. The molecule has 0 saturated carbocycles. The molecule has 3 N–H and O–H groups in total. The third kappa shape index (κ3) is 4.75. The van der Waals surface area contributed by atoms with Gasteiger partial charge in [0.25, 0.3) is 5.95 Å². The number of hydrogen-bond acceptors (Lipinski definition) is 6. The van der Waals surface area contributed by atoms with E-state index in [0.29, 0.717) is 11.1 Å². The maximum Gasteiger partial charge on any atom is 0.269 e. The van der Waals surface area contributed by atoms with Crippen LogP contribution in [0.15, 0.2) is 46.4 Å². The van der Waals surface area contributed by atoms with Gasteiger partial charge in [0.05, 0.1) is 0 Å². The molecule has 0 atom stereocenters. The monoisotopic (exact) mass is 559 g/mol. The van der Waals surface area contributed by atoms with Gasteiger partial charge in [-0.1, -0.05) is 0 Å². The molecule has 0 amide bonds. The molecule has 0 aliphatic heterocycles. The van der Waals surface area contributed by atoms with Crippen molar-refractivity contribution in [3.63, 3.8) is 0 Å². The average molecular weight is 559 g/mol. The first kappa shape index (κ1) is 17.8. The fourth-order valence-electron chi connectivity index (χ4n) is 1.88. The Hall–Kier alpha value is -2.02. The highest BCUT2D eigenvalue weighted by Gasteiger charge is 2.03. The van der Waals surface area contributed by atoms with Gasteiger partial charge in [0, 0.05) is 30.7 Å². The normalized spacial score (nSPS) is 11.6. The van der Waals surface area contributed by atoms with Crippen LogP contribution in [0, 0.1) is 7.14 Å². The van der Waals surface area contributed by atoms with Crippen molar-refractivity contribution < 1.29 is 10.2 Å². The molecule has 0 spiro atoms. The van der Waals surface area contributed by atoms with Crippen LogP contribution in [0.1, 0.15) is 11.1 Å². The zero-order valence-corrected chi connectivity index (χ0v) is 16.9. The summed E-state index contributed by atoms with van der Waals surface area (Å²) in [7, 11) is 0. The van der Waals surface area contributed by atoms with Crippen LogP contribution in [-0.2, 0) is 0 Å². The maximum atomic E-state index is 9.79. The summed E-state index contributed by atoms with van der Waals surface area (Å²) < 4.78 is 1.96. The SMILES string of the molecule is Oc1ccc(I)cc1/C=N/c1n[nH]c(/N=C/c2cc(I)ccc2O)n1. The number of aromatic amines is 1. The average Bonchev–Trinajstić information content (AvgIpc) is 3.04. The Labute approximate surface area is 170 Å². The predicted molar refractivity (Wildman–Crippen MR) is 113 cm³/mol. The van der Waals surface area contributed by atoms with E-state index < -0.39 is 0 Å². The molecule has 0 aliphatic carbocycles. The van der Waals surface area contributed by atoms with Gasteiger partial charge in [-0.15, -0.1) is 5.10 Å². The van der Waals surface area contributed by atoms with E-state index in [1.807, 2.05) is 0 Å². The Morgan fingerprint density at radius 3 is 2.04 bits per heavy atom. The molecular weight excluding hydrogens is 548 g/mol. The molecule has 3 aromatic rings. The lowest BCUT2D eigenvalue weighted by molar-refractivity contribution is 0.474. The van der Waals surface area contributed by atoms with Crippen LogP contribution in [0.3, 0.4) is 0 Å². The van der Waals surface area contributed by atoms with E-state index in [1.54, 1.807) is 36.4 Å². The Balaban J connectivity index is 1.76. The zero-order valence-electron chi connectivity index (χ0n) is 12.6. The molecular formula is C16H11I2N5O2. The molecule has 126 valence electrons. The topological polar surface area (TPSA) is 107 Å². The molecule has 0 bridgehead atoms. The zero-order chi connectivity index (χ0) is 17.8. The predicted octanol–water partition coefficient (Wildman–Crippen LogP) is 3.93. The molecule has 2 aromatic carbocycles. The first-order valence-corrected chi connectivity index (χ1v) is 9.14. The lowest BCUT2D eigenvalue weighted by Crippen LogP contribution is -1.84. The summed E-state index contributed by atoms with van der Waals surface area (Å²) in [6, 6.07) is 10.4. The number of aliphatic imine (C=N–C) groups is 2. The van der Waals surface area contributed by atoms with E-state index in [0.717, 1.165) is 7.14 Å². The van der Waals surface area contributed by atoms with Crippen molar-refractivity contribution in [1.29, 1.82) is 0 Å². The van der Waals surface area contributed by atoms with E-state index in [1.165, 1.54) is 12.4 Å². The van der Waals surface area contributed by atoms with E-state index in [4.69, 9.17) is 0 Å². The molecule has 1 aromatic heterocycles. The summed E-state index contributed by atoms with van der Waals surface area (Å²) in [5.41, 5.74) is 1.16. The number of hydrogen-bond donors (Lipinski definition) is 3. The lowest BCUT2D eigenvalue weighted by Gasteiger charge is -1.98. The Bertz CT molecular complexity index is 893. The Kier molecular flexibility index (Phi) is 5.63. The van der Waals surface area contributed by atoms with Gasteiger partial charge < -0.3 is 10.2 Å². The first-order valence-electron chi connectivity index (χ1n) is 6.99. The minimum Gasteiger partial charge on any atom is -0.507 e. The second kappa shape index (κ2) is 7.91. The Morgan fingerprint density at radius 1 is 0.880 bits per heavy atom. The van der Waals surface area contributed by atoms with Gasteiger partial charge in [0.1, 0.15) is 11.5 Å². The fraction of sp³-hybridized carbons (Fsp3) is 0. The third-order valence-electron chi connectivity index (χ3n) is 3.09. The highest BCUT2D eigenvalue weighted by molar-refractivity contribution is 14.1. The number of nitrogens with one attached hydrogen (secondary N) is 1. The minimum atomic E-state index is 0.132. The summed E-state index contributed by atoms with van der Waals surface area (Å²) in [4.78, 5) is 12.4. The summed E-state index contributed by atoms with van der Waals surface area (Å²) in [6.45, 7) is 0. The molecule has 3 rings (SSSR count). The summed E-state index contributed by atoms with van der Waals surface area (Å²) in [5, 5.41) is 26.2.